The highest BCUT2D eigenvalue weighted by molar-refractivity contribution is 5.28. The van der Waals surface area contributed by atoms with E-state index in [0.717, 1.165) is 38.3 Å². The van der Waals surface area contributed by atoms with E-state index < -0.39 is 0 Å². The molecule has 1 saturated heterocycles. The van der Waals surface area contributed by atoms with Gasteiger partial charge in [-0.2, -0.15) is 0 Å². The van der Waals surface area contributed by atoms with Crippen LogP contribution < -0.4 is 10.1 Å². The summed E-state index contributed by atoms with van der Waals surface area (Å²) in [7, 11) is 1.71. The molecule has 1 aliphatic rings. The summed E-state index contributed by atoms with van der Waals surface area (Å²) >= 11 is 0. The van der Waals surface area contributed by atoms with Crippen LogP contribution in [0, 0.1) is 0 Å². The van der Waals surface area contributed by atoms with Crippen molar-refractivity contribution in [2.24, 2.45) is 0 Å². The third kappa shape index (κ3) is 4.31. The molecule has 1 heterocycles. The Kier molecular flexibility index (Phi) is 5.49. The topological polar surface area (TPSA) is 30.5 Å². The van der Waals surface area contributed by atoms with Gasteiger partial charge >= 0.3 is 0 Å². The third-order valence-corrected chi connectivity index (χ3v) is 3.39. The van der Waals surface area contributed by atoms with E-state index in [2.05, 4.69) is 17.4 Å². The van der Waals surface area contributed by atoms with Gasteiger partial charge in [-0.25, -0.2) is 0 Å². The summed E-state index contributed by atoms with van der Waals surface area (Å²) in [6.45, 7) is 3.02. The Balaban J connectivity index is 1.59. The molecule has 0 amide bonds. The lowest BCUT2D eigenvalue weighted by molar-refractivity contribution is 0.104. The fourth-order valence-electron chi connectivity index (χ4n) is 2.32. The quantitative estimate of drug-likeness (QED) is 0.753. The van der Waals surface area contributed by atoms with Crippen molar-refractivity contribution < 1.29 is 9.47 Å². The Morgan fingerprint density at radius 1 is 1.39 bits per heavy atom. The van der Waals surface area contributed by atoms with Crippen molar-refractivity contribution in [1.82, 2.24) is 5.32 Å². The number of nitrogens with one attached hydrogen (secondary N) is 1. The van der Waals surface area contributed by atoms with E-state index in [1.165, 1.54) is 18.4 Å². The van der Waals surface area contributed by atoms with E-state index >= 15 is 0 Å². The molecule has 1 aromatic carbocycles. The fraction of sp³-hybridized carbons (Fsp3) is 0.600. The molecule has 0 spiro atoms. The maximum absolute atomic E-state index is 5.59. The number of methoxy groups -OCH3 is 1. The predicted octanol–water partition coefficient (Wildman–Crippen LogP) is 2.40. The monoisotopic (exact) mass is 249 g/mol. The second-order valence-electron chi connectivity index (χ2n) is 4.78. The second-order valence-corrected chi connectivity index (χ2v) is 4.78. The average Bonchev–Trinajstić information content (AvgIpc) is 2.92. The lowest BCUT2D eigenvalue weighted by atomic mass is 10.1. The zero-order chi connectivity index (χ0) is 12.6. The van der Waals surface area contributed by atoms with Crippen LogP contribution in [0.15, 0.2) is 24.3 Å². The van der Waals surface area contributed by atoms with Gasteiger partial charge in [-0.05, 0) is 56.5 Å². The van der Waals surface area contributed by atoms with Crippen LogP contribution in [0.2, 0.25) is 0 Å². The zero-order valence-electron chi connectivity index (χ0n) is 11.2. The summed E-state index contributed by atoms with van der Waals surface area (Å²) in [6, 6.07) is 8.26. The summed E-state index contributed by atoms with van der Waals surface area (Å²) in [5, 5.41) is 3.48. The molecule has 3 nitrogen and oxygen atoms in total. The highest BCUT2D eigenvalue weighted by Gasteiger charge is 2.14. The minimum atomic E-state index is 0.495. The van der Waals surface area contributed by atoms with Gasteiger partial charge in [-0.3, -0.25) is 0 Å². The second kappa shape index (κ2) is 7.39. The highest BCUT2D eigenvalue weighted by atomic mass is 16.5. The van der Waals surface area contributed by atoms with Gasteiger partial charge in [0.15, 0.2) is 0 Å². The number of hydrogen-bond donors (Lipinski definition) is 1. The van der Waals surface area contributed by atoms with Gasteiger partial charge in [-0.15, -0.1) is 0 Å². The normalized spacial score (nSPS) is 19.1. The van der Waals surface area contributed by atoms with E-state index in [9.17, 15) is 0 Å². The van der Waals surface area contributed by atoms with E-state index in [4.69, 9.17) is 9.47 Å². The van der Waals surface area contributed by atoms with Crippen LogP contribution in [-0.2, 0) is 11.2 Å². The first-order valence-electron chi connectivity index (χ1n) is 6.84. The third-order valence-electron chi connectivity index (χ3n) is 3.39. The molecule has 1 N–H and O–H groups in total. The van der Waals surface area contributed by atoms with E-state index in [-0.39, 0.29) is 0 Å². The van der Waals surface area contributed by atoms with E-state index in [1.807, 2.05) is 12.1 Å². The summed E-state index contributed by atoms with van der Waals surface area (Å²) in [5.41, 5.74) is 1.32. The molecule has 0 aliphatic carbocycles. The van der Waals surface area contributed by atoms with Crippen molar-refractivity contribution in [3.63, 3.8) is 0 Å². The fourth-order valence-corrected chi connectivity index (χ4v) is 2.32. The lowest BCUT2D eigenvalue weighted by Gasteiger charge is -2.10. The predicted molar refractivity (Wildman–Crippen MR) is 73.2 cm³/mol. The van der Waals surface area contributed by atoms with Crippen LogP contribution in [0.4, 0.5) is 0 Å². The van der Waals surface area contributed by atoms with Crippen LogP contribution in [0.3, 0.4) is 0 Å². The Labute approximate surface area is 109 Å². The summed E-state index contributed by atoms with van der Waals surface area (Å²) < 4.78 is 10.8. The Morgan fingerprint density at radius 3 is 3.11 bits per heavy atom. The van der Waals surface area contributed by atoms with E-state index in [0.29, 0.717) is 6.10 Å². The largest absolute Gasteiger partial charge is 0.497 e. The van der Waals surface area contributed by atoms with Gasteiger partial charge in [0.05, 0.1) is 13.2 Å². The molecule has 0 saturated carbocycles. The zero-order valence-corrected chi connectivity index (χ0v) is 11.2. The SMILES string of the molecule is COc1cccc(CCNCCC2CCCO2)c1. The molecule has 18 heavy (non-hydrogen) atoms. The molecule has 1 fully saturated rings. The minimum Gasteiger partial charge on any atom is -0.497 e. The van der Waals surface area contributed by atoms with Gasteiger partial charge in [0, 0.05) is 6.61 Å². The van der Waals surface area contributed by atoms with Crippen molar-refractivity contribution in [2.75, 3.05) is 26.8 Å². The van der Waals surface area contributed by atoms with Gasteiger partial charge in [-0.1, -0.05) is 12.1 Å². The molecular formula is C15H23NO2. The first-order valence-corrected chi connectivity index (χ1v) is 6.84. The molecule has 0 bridgehead atoms. The van der Waals surface area contributed by atoms with Crippen LogP contribution in [-0.4, -0.2) is 32.9 Å². The number of benzene rings is 1. The molecule has 3 heteroatoms. The van der Waals surface area contributed by atoms with Crippen molar-refractivity contribution in [1.29, 1.82) is 0 Å². The molecule has 1 unspecified atom stereocenters. The van der Waals surface area contributed by atoms with Crippen molar-refractivity contribution in [3.05, 3.63) is 29.8 Å². The molecule has 1 aliphatic heterocycles. The first kappa shape index (κ1) is 13.4. The Morgan fingerprint density at radius 2 is 2.33 bits per heavy atom. The smallest absolute Gasteiger partial charge is 0.119 e. The molecule has 1 atom stereocenters. The molecular weight excluding hydrogens is 226 g/mol. The summed E-state index contributed by atoms with van der Waals surface area (Å²) in [4.78, 5) is 0. The Hall–Kier alpha value is -1.06. The molecule has 2 rings (SSSR count). The van der Waals surface area contributed by atoms with Gasteiger partial charge in [0.1, 0.15) is 5.75 Å². The number of ether oxygens (including phenoxy) is 2. The van der Waals surface area contributed by atoms with Crippen molar-refractivity contribution >= 4 is 0 Å². The van der Waals surface area contributed by atoms with Crippen LogP contribution in [0.5, 0.6) is 5.75 Å². The molecule has 0 aromatic heterocycles. The van der Waals surface area contributed by atoms with Gasteiger partial charge in [0.2, 0.25) is 0 Å². The van der Waals surface area contributed by atoms with Crippen LogP contribution >= 0.6 is 0 Å². The molecule has 0 radical (unpaired) electrons. The average molecular weight is 249 g/mol. The number of rotatable bonds is 7. The van der Waals surface area contributed by atoms with Crippen molar-refractivity contribution in [3.8, 4) is 5.75 Å². The minimum absolute atomic E-state index is 0.495. The lowest BCUT2D eigenvalue weighted by Crippen LogP contribution is -2.22. The highest BCUT2D eigenvalue weighted by Crippen LogP contribution is 2.14. The van der Waals surface area contributed by atoms with Gasteiger partial charge < -0.3 is 14.8 Å². The maximum atomic E-state index is 5.59. The van der Waals surface area contributed by atoms with Crippen LogP contribution in [0.1, 0.15) is 24.8 Å². The first-order chi connectivity index (χ1) is 8.88. The van der Waals surface area contributed by atoms with Gasteiger partial charge in [0.25, 0.3) is 0 Å². The summed E-state index contributed by atoms with van der Waals surface area (Å²) in [5.74, 6) is 0.937. The van der Waals surface area contributed by atoms with E-state index in [1.54, 1.807) is 7.11 Å². The van der Waals surface area contributed by atoms with Crippen LogP contribution in [0.25, 0.3) is 0 Å². The summed E-state index contributed by atoms with van der Waals surface area (Å²) in [6.07, 6.45) is 5.14. The number of hydrogen-bond acceptors (Lipinski definition) is 3. The maximum Gasteiger partial charge on any atom is 0.119 e. The molecule has 1 aromatic rings. The standard InChI is InChI=1S/C15H23NO2/c1-17-15-5-2-4-13(12-15)7-9-16-10-8-14-6-3-11-18-14/h2,4-5,12,14,16H,3,6-11H2,1H3. The van der Waals surface area contributed by atoms with Crippen molar-refractivity contribution in [2.45, 2.75) is 31.8 Å². The Bertz CT molecular complexity index is 348. The molecule has 100 valence electrons.